The average molecular weight is 272 g/mol. The van der Waals surface area contributed by atoms with E-state index in [2.05, 4.69) is 5.32 Å². The Morgan fingerprint density at radius 3 is 2.65 bits per heavy atom. The second kappa shape index (κ2) is 5.48. The van der Waals surface area contributed by atoms with E-state index in [9.17, 15) is 9.59 Å². The lowest BCUT2D eigenvalue weighted by molar-refractivity contribution is 0.102. The zero-order valence-electron chi connectivity index (χ0n) is 11.1. The Morgan fingerprint density at radius 1 is 1.25 bits per heavy atom. The lowest BCUT2D eigenvalue weighted by Gasteiger charge is -2.09. The van der Waals surface area contributed by atoms with E-state index in [0.29, 0.717) is 29.2 Å². The molecule has 0 unspecified atom stereocenters. The molecule has 5 N–H and O–H groups in total. The first-order valence-electron chi connectivity index (χ1n) is 6.18. The summed E-state index contributed by atoms with van der Waals surface area (Å²) in [5, 5.41) is 2.70. The number of pyridine rings is 1. The van der Waals surface area contributed by atoms with Crippen molar-refractivity contribution >= 4 is 23.0 Å². The molecule has 0 atom stereocenters. The number of carbonyl (C=O) groups is 1. The molecule has 0 spiro atoms. The number of amides is 1. The molecule has 104 valence electrons. The lowest BCUT2D eigenvalue weighted by Crippen LogP contribution is -2.20. The number of nitrogens with two attached hydrogens (primary N) is 2. The van der Waals surface area contributed by atoms with Gasteiger partial charge in [-0.05, 0) is 31.2 Å². The molecule has 2 rings (SSSR count). The maximum atomic E-state index is 12.1. The molecule has 6 heteroatoms. The number of aromatic nitrogens is 1. The van der Waals surface area contributed by atoms with Gasteiger partial charge in [0.1, 0.15) is 0 Å². The number of aryl methyl sites for hydroxylation is 1. The minimum atomic E-state index is -0.344. The monoisotopic (exact) mass is 272 g/mol. The van der Waals surface area contributed by atoms with Crippen molar-refractivity contribution in [3.05, 3.63) is 52.4 Å². The summed E-state index contributed by atoms with van der Waals surface area (Å²) in [5.74, 6) is -0.344. The van der Waals surface area contributed by atoms with Crippen LogP contribution in [0.1, 0.15) is 17.3 Å². The zero-order valence-corrected chi connectivity index (χ0v) is 11.1. The highest BCUT2D eigenvalue weighted by atomic mass is 16.1. The van der Waals surface area contributed by atoms with Crippen molar-refractivity contribution in [2.45, 2.75) is 13.5 Å². The fraction of sp³-hybridized carbons (Fsp3) is 0.143. The van der Waals surface area contributed by atoms with E-state index in [1.54, 1.807) is 24.4 Å². The van der Waals surface area contributed by atoms with Crippen molar-refractivity contribution in [3.63, 3.8) is 0 Å². The van der Waals surface area contributed by atoms with E-state index in [0.717, 1.165) is 0 Å². The lowest BCUT2D eigenvalue weighted by atomic mass is 10.1. The van der Waals surface area contributed by atoms with Crippen LogP contribution in [0.3, 0.4) is 0 Å². The predicted octanol–water partition coefficient (Wildman–Crippen LogP) is 1.28. The van der Waals surface area contributed by atoms with Crippen LogP contribution in [0.25, 0.3) is 0 Å². The zero-order chi connectivity index (χ0) is 14.7. The van der Waals surface area contributed by atoms with Gasteiger partial charge in [0.05, 0.1) is 11.3 Å². The van der Waals surface area contributed by atoms with Crippen LogP contribution >= 0.6 is 0 Å². The molecule has 1 aromatic carbocycles. The molecule has 2 aromatic rings. The van der Waals surface area contributed by atoms with Crippen molar-refractivity contribution in [2.24, 2.45) is 0 Å². The Morgan fingerprint density at radius 2 is 2.00 bits per heavy atom. The summed E-state index contributed by atoms with van der Waals surface area (Å²) >= 11 is 0. The number of anilines is 3. The maximum Gasteiger partial charge on any atom is 0.257 e. The van der Waals surface area contributed by atoms with Crippen molar-refractivity contribution < 1.29 is 4.79 Å². The predicted molar refractivity (Wildman–Crippen MR) is 79.6 cm³/mol. The third kappa shape index (κ3) is 2.80. The molecule has 0 fully saturated rings. The quantitative estimate of drug-likeness (QED) is 0.732. The van der Waals surface area contributed by atoms with Crippen LogP contribution in [-0.4, -0.2) is 10.5 Å². The Balaban J connectivity index is 2.25. The van der Waals surface area contributed by atoms with E-state index in [4.69, 9.17) is 11.5 Å². The molecule has 0 saturated carbocycles. The molecule has 6 nitrogen and oxygen atoms in total. The molecule has 1 amide bonds. The molecular weight excluding hydrogens is 256 g/mol. The van der Waals surface area contributed by atoms with Crippen molar-refractivity contribution in [1.29, 1.82) is 0 Å². The average Bonchev–Trinajstić information content (AvgIpc) is 2.40. The van der Waals surface area contributed by atoms with Gasteiger partial charge < -0.3 is 21.4 Å². The Kier molecular flexibility index (Phi) is 3.74. The third-order valence-corrected chi connectivity index (χ3v) is 2.90. The second-order valence-corrected chi connectivity index (χ2v) is 4.34. The molecule has 0 aliphatic rings. The van der Waals surface area contributed by atoms with Gasteiger partial charge in [0, 0.05) is 30.2 Å². The van der Waals surface area contributed by atoms with Gasteiger partial charge >= 0.3 is 0 Å². The van der Waals surface area contributed by atoms with Gasteiger partial charge in [0.15, 0.2) is 0 Å². The van der Waals surface area contributed by atoms with Gasteiger partial charge in [0.2, 0.25) is 0 Å². The normalized spacial score (nSPS) is 10.2. The van der Waals surface area contributed by atoms with Gasteiger partial charge in [0.25, 0.3) is 11.5 Å². The molecule has 1 aromatic heterocycles. The summed E-state index contributed by atoms with van der Waals surface area (Å²) in [7, 11) is 0. The fourth-order valence-electron chi connectivity index (χ4n) is 1.84. The number of hydrogen-bond donors (Lipinski definition) is 3. The van der Waals surface area contributed by atoms with E-state index >= 15 is 0 Å². The van der Waals surface area contributed by atoms with Crippen LogP contribution in [-0.2, 0) is 6.54 Å². The van der Waals surface area contributed by atoms with Crippen molar-refractivity contribution in [2.75, 3.05) is 16.8 Å². The number of nitrogen functional groups attached to an aromatic ring is 2. The first-order valence-corrected chi connectivity index (χ1v) is 6.18. The van der Waals surface area contributed by atoms with E-state index in [-0.39, 0.29) is 11.5 Å². The van der Waals surface area contributed by atoms with Gasteiger partial charge in [-0.3, -0.25) is 9.59 Å². The van der Waals surface area contributed by atoms with E-state index < -0.39 is 0 Å². The van der Waals surface area contributed by atoms with Crippen molar-refractivity contribution in [3.8, 4) is 0 Å². The smallest absolute Gasteiger partial charge is 0.257 e. The first kappa shape index (κ1) is 13.7. The van der Waals surface area contributed by atoms with Gasteiger partial charge in [-0.15, -0.1) is 0 Å². The number of nitrogens with zero attached hydrogens (tertiary/aromatic N) is 1. The summed E-state index contributed by atoms with van der Waals surface area (Å²) in [6, 6.07) is 7.67. The molecule has 20 heavy (non-hydrogen) atoms. The largest absolute Gasteiger partial charge is 0.399 e. The molecule has 1 heterocycles. The van der Waals surface area contributed by atoms with Crippen LogP contribution < -0.4 is 22.3 Å². The molecule has 0 saturated heterocycles. The minimum Gasteiger partial charge on any atom is -0.399 e. The summed E-state index contributed by atoms with van der Waals surface area (Å²) in [6.07, 6.45) is 1.59. The molecule has 0 radical (unpaired) electrons. The van der Waals surface area contributed by atoms with Crippen LogP contribution in [0.5, 0.6) is 0 Å². The molecule has 0 aliphatic heterocycles. The Labute approximate surface area is 116 Å². The van der Waals surface area contributed by atoms with Crippen LogP contribution in [0.2, 0.25) is 0 Å². The first-order chi connectivity index (χ1) is 9.51. The van der Waals surface area contributed by atoms with Crippen LogP contribution in [0, 0.1) is 0 Å². The topological polar surface area (TPSA) is 103 Å². The molecular formula is C14H16N4O2. The minimum absolute atomic E-state index is 0.113. The van der Waals surface area contributed by atoms with Crippen LogP contribution in [0.15, 0.2) is 41.3 Å². The second-order valence-electron chi connectivity index (χ2n) is 4.34. The number of benzene rings is 1. The highest BCUT2D eigenvalue weighted by molar-refractivity contribution is 6.07. The van der Waals surface area contributed by atoms with Crippen LogP contribution in [0.4, 0.5) is 17.1 Å². The third-order valence-electron chi connectivity index (χ3n) is 2.90. The highest BCUT2D eigenvalue weighted by Crippen LogP contribution is 2.17. The maximum absolute atomic E-state index is 12.1. The Hall–Kier alpha value is -2.76. The SMILES string of the molecule is CCn1cc(NC(=O)c2ccc(N)cc2N)ccc1=O. The number of carbonyl (C=O) groups excluding carboxylic acids is 1. The summed E-state index contributed by atoms with van der Waals surface area (Å²) in [6.45, 7) is 2.39. The fourth-order valence-corrected chi connectivity index (χ4v) is 1.84. The number of rotatable bonds is 3. The standard InChI is InChI=1S/C14H16N4O2/c1-2-18-8-10(4-6-13(18)19)17-14(20)11-5-3-9(15)7-12(11)16/h3-8H,2,15-16H2,1H3,(H,17,20). The molecule has 0 aliphatic carbocycles. The summed E-state index contributed by atoms with van der Waals surface area (Å²) < 4.78 is 1.50. The van der Waals surface area contributed by atoms with Gasteiger partial charge in [-0.2, -0.15) is 0 Å². The highest BCUT2D eigenvalue weighted by Gasteiger charge is 2.10. The summed E-state index contributed by atoms with van der Waals surface area (Å²) in [5.41, 5.74) is 12.9. The number of hydrogen-bond acceptors (Lipinski definition) is 4. The number of nitrogens with one attached hydrogen (secondary N) is 1. The Bertz CT molecular complexity index is 707. The van der Waals surface area contributed by atoms with E-state index in [1.165, 1.54) is 16.7 Å². The van der Waals surface area contributed by atoms with Crippen molar-refractivity contribution in [1.82, 2.24) is 4.57 Å². The molecule has 0 bridgehead atoms. The van der Waals surface area contributed by atoms with Gasteiger partial charge in [-0.1, -0.05) is 0 Å². The summed E-state index contributed by atoms with van der Waals surface area (Å²) in [4.78, 5) is 23.6. The van der Waals surface area contributed by atoms with E-state index in [1.807, 2.05) is 6.92 Å². The van der Waals surface area contributed by atoms with Gasteiger partial charge in [-0.25, -0.2) is 0 Å².